The normalized spacial score (nSPS) is 27.4. The molecule has 1 aromatic rings. The zero-order valence-corrected chi connectivity index (χ0v) is 12.9. The minimum atomic E-state index is -3.45. The first kappa shape index (κ1) is 14.3. The van der Waals surface area contributed by atoms with E-state index in [-0.39, 0.29) is 11.1 Å². The van der Waals surface area contributed by atoms with E-state index in [1.165, 1.54) is 6.42 Å². The molecule has 1 aliphatic heterocycles. The predicted molar refractivity (Wildman–Crippen MR) is 78.0 cm³/mol. The summed E-state index contributed by atoms with van der Waals surface area (Å²) >= 11 is 5.71. The first-order chi connectivity index (χ1) is 9.63. The Morgan fingerprint density at radius 3 is 2.75 bits per heavy atom. The molecule has 0 bridgehead atoms. The average molecular weight is 315 g/mol. The lowest BCUT2D eigenvalue weighted by molar-refractivity contribution is 0.260. The second-order valence-electron chi connectivity index (χ2n) is 5.65. The topological polar surface area (TPSA) is 50.3 Å². The Hall–Kier alpha value is -0.650. The summed E-state index contributed by atoms with van der Waals surface area (Å²) in [6.07, 6.45) is 7.06. The zero-order valence-electron chi connectivity index (χ0n) is 11.3. The molecule has 1 saturated carbocycles. The molecule has 1 aromatic heterocycles. The summed E-state index contributed by atoms with van der Waals surface area (Å²) in [5.41, 5.74) is 0.836. The highest BCUT2D eigenvalue weighted by Gasteiger charge is 2.42. The fourth-order valence-electron chi connectivity index (χ4n) is 3.42. The Balaban J connectivity index is 1.87. The Kier molecular flexibility index (Phi) is 4.02. The third-order valence-corrected chi connectivity index (χ3v) is 6.63. The molecule has 0 spiro atoms. The van der Waals surface area contributed by atoms with E-state index in [0.29, 0.717) is 18.3 Å². The molecule has 110 valence electrons. The summed E-state index contributed by atoms with van der Waals surface area (Å²) in [7, 11) is -3.45. The van der Waals surface area contributed by atoms with Crippen molar-refractivity contribution in [1.29, 1.82) is 0 Å². The lowest BCUT2D eigenvalue weighted by Gasteiger charge is -2.30. The molecule has 0 radical (unpaired) electrons. The molecule has 0 N–H and O–H groups in total. The molecule has 6 heteroatoms. The molecule has 2 aliphatic rings. The Morgan fingerprint density at radius 2 is 2.05 bits per heavy atom. The van der Waals surface area contributed by atoms with Gasteiger partial charge in [-0.05, 0) is 36.8 Å². The van der Waals surface area contributed by atoms with Crippen LogP contribution in [-0.4, -0.2) is 30.3 Å². The Bertz CT molecular complexity index is 573. The van der Waals surface area contributed by atoms with Crippen LogP contribution in [0, 0.1) is 5.92 Å². The van der Waals surface area contributed by atoms with Gasteiger partial charge in [0.25, 0.3) is 10.0 Å². The van der Waals surface area contributed by atoms with Gasteiger partial charge in [0.2, 0.25) is 0 Å². The monoisotopic (exact) mass is 314 g/mol. The zero-order chi connectivity index (χ0) is 14.2. The van der Waals surface area contributed by atoms with Crippen LogP contribution in [0.2, 0.25) is 0 Å². The minimum Gasteiger partial charge on any atom is -0.243 e. The van der Waals surface area contributed by atoms with Crippen molar-refractivity contribution in [2.75, 3.05) is 6.54 Å². The molecule has 2 unspecified atom stereocenters. The van der Waals surface area contributed by atoms with Crippen LogP contribution in [0.4, 0.5) is 0 Å². The fraction of sp³-hybridized carbons (Fsp3) is 0.643. The summed E-state index contributed by atoms with van der Waals surface area (Å²) in [6.45, 7) is 0.636. The smallest absolute Gasteiger partial charge is 0.243 e. The molecule has 20 heavy (non-hydrogen) atoms. The van der Waals surface area contributed by atoms with Gasteiger partial charge in [-0.25, -0.2) is 13.4 Å². The van der Waals surface area contributed by atoms with Crippen LogP contribution in [0.15, 0.2) is 23.4 Å². The van der Waals surface area contributed by atoms with Gasteiger partial charge in [-0.3, -0.25) is 0 Å². The number of rotatable bonds is 3. The third-order valence-electron chi connectivity index (χ3n) is 4.48. The predicted octanol–water partition coefficient (Wildman–Crippen LogP) is 2.77. The highest BCUT2D eigenvalue weighted by molar-refractivity contribution is 7.89. The van der Waals surface area contributed by atoms with Crippen LogP contribution < -0.4 is 0 Å². The fourth-order valence-corrected chi connectivity index (χ4v) is 5.23. The molecule has 3 rings (SSSR count). The van der Waals surface area contributed by atoms with E-state index in [1.54, 1.807) is 22.6 Å². The van der Waals surface area contributed by atoms with Crippen LogP contribution in [0.5, 0.6) is 0 Å². The highest BCUT2D eigenvalue weighted by atomic mass is 35.5. The summed E-state index contributed by atoms with van der Waals surface area (Å²) in [4.78, 5) is 4.09. The number of alkyl halides is 1. The van der Waals surface area contributed by atoms with Crippen molar-refractivity contribution in [1.82, 2.24) is 9.29 Å². The van der Waals surface area contributed by atoms with Crippen molar-refractivity contribution in [3.63, 3.8) is 0 Å². The van der Waals surface area contributed by atoms with Crippen LogP contribution in [0.1, 0.15) is 37.7 Å². The van der Waals surface area contributed by atoms with Crippen molar-refractivity contribution < 1.29 is 8.42 Å². The number of nitrogens with zero attached hydrogens (tertiary/aromatic N) is 2. The number of pyridine rings is 1. The number of hydrogen-bond acceptors (Lipinski definition) is 3. The van der Waals surface area contributed by atoms with E-state index in [4.69, 9.17) is 11.6 Å². The maximum atomic E-state index is 12.7. The van der Waals surface area contributed by atoms with Crippen molar-refractivity contribution in [2.45, 2.75) is 49.1 Å². The van der Waals surface area contributed by atoms with Crippen LogP contribution in [-0.2, 0) is 15.9 Å². The van der Waals surface area contributed by atoms with Crippen molar-refractivity contribution in [3.8, 4) is 0 Å². The molecule has 0 amide bonds. The molecule has 1 aliphatic carbocycles. The van der Waals surface area contributed by atoms with Crippen LogP contribution >= 0.6 is 11.6 Å². The van der Waals surface area contributed by atoms with E-state index in [0.717, 1.165) is 31.2 Å². The molecule has 1 saturated heterocycles. The average Bonchev–Trinajstić information content (AvgIpc) is 2.92. The molecular weight excluding hydrogens is 296 g/mol. The van der Waals surface area contributed by atoms with Gasteiger partial charge in [0, 0.05) is 24.7 Å². The standard InChI is InChI=1S/C14H19ClN2O2S/c15-9-11-5-6-14(16-10-11)20(18,19)17-8-7-12-3-1-2-4-13(12)17/h5-6,10,12-13H,1-4,7-9H2. The third kappa shape index (κ3) is 2.47. The minimum absolute atomic E-state index is 0.151. The molecule has 4 nitrogen and oxygen atoms in total. The molecular formula is C14H19ClN2O2S. The SMILES string of the molecule is O=S(=O)(c1ccc(CCl)cn1)N1CCC2CCCCC21. The second kappa shape index (κ2) is 5.62. The maximum Gasteiger partial charge on any atom is 0.260 e. The van der Waals surface area contributed by atoms with Crippen LogP contribution in [0.3, 0.4) is 0 Å². The summed E-state index contributed by atoms with van der Waals surface area (Å²) in [6, 6.07) is 3.49. The highest BCUT2D eigenvalue weighted by Crippen LogP contribution is 2.38. The van der Waals surface area contributed by atoms with Gasteiger partial charge in [-0.2, -0.15) is 4.31 Å². The second-order valence-corrected chi connectivity index (χ2v) is 7.76. The molecule has 2 fully saturated rings. The molecule has 2 atom stereocenters. The summed E-state index contributed by atoms with van der Waals surface area (Å²) in [5, 5.41) is 0.151. The van der Waals surface area contributed by atoms with E-state index < -0.39 is 10.0 Å². The van der Waals surface area contributed by atoms with Gasteiger partial charge >= 0.3 is 0 Å². The van der Waals surface area contributed by atoms with Gasteiger partial charge in [0.1, 0.15) is 0 Å². The van der Waals surface area contributed by atoms with Crippen molar-refractivity contribution in [3.05, 3.63) is 23.9 Å². The van der Waals surface area contributed by atoms with Gasteiger partial charge in [-0.15, -0.1) is 11.6 Å². The lowest BCUT2D eigenvalue weighted by Crippen LogP contribution is -2.39. The van der Waals surface area contributed by atoms with Gasteiger partial charge in [0.05, 0.1) is 0 Å². The molecule has 2 heterocycles. The first-order valence-corrected chi connectivity index (χ1v) is 9.13. The number of fused-ring (bicyclic) bond motifs is 1. The van der Waals surface area contributed by atoms with Crippen molar-refractivity contribution in [2.24, 2.45) is 5.92 Å². The number of hydrogen-bond donors (Lipinski definition) is 0. The van der Waals surface area contributed by atoms with E-state index in [2.05, 4.69) is 4.98 Å². The Morgan fingerprint density at radius 1 is 1.25 bits per heavy atom. The number of halogens is 1. The van der Waals surface area contributed by atoms with E-state index >= 15 is 0 Å². The van der Waals surface area contributed by atoms with Gasteiger partial charge in [0.15, 0.2) is 5.03 Å². The van der Waals surface area contributed by atoms with E-state index in [1.807, 2.05) is 0 Å². The number of aromatic nitrogens is 1. The summed E-state index contributed by atoms with van der Waals surface area (Å²) in [5.74, 6) is 0.891. The Labute approximate surface area is 125 Å². The number of sulfonamides is 1. The summed E-state index contributed by atoms with van der Waals surface area (Å²) < 4.78 is 27.1. The largest absolute Gasteiger partial charge is 0.260 e. The maximum absolute atomic E-state index is 12.7. The van der Waals surface area contributed by atoms with E-state index in [9.17, 15) is 8.42 Å². The van der Waals surface area contributed by atoms with Crippen molar-refractivity contribution >= 4 is 21.6 Å². The quantitative estimate of drug-likeness (QED) is 0.806. The van der Waals surface area contributed by atoms with Crippen LogP contribution in [0.25, 0.3) is 0 Å². The molecule has 0 aromatic carbocycles. The lowest BCUT2D eigenvalue weighted by atomic mass is 9.86. The first-order valence-electron chi connectivity index (χ1n) is 7.15. The van der Waals surface area contributed by atoms with Gasteiger partial charge in [-0.1, -0.05) is 18.9 Å². The van der Waals surface area contributed by atoms with Gasteiger partial charge < -0.3 is 0 Å².